The molecular formula is C15H17FN2O2. The highest BCUT2D eigenvalue weighted by Crippen LogP contribution is 2.35. The Kier molecular flexibility index (Phi) is 3.90. The molecule has 2 N–H and O–H groups in total. The van der Waals surface area contributed by atoms with E-state index < -0.39 is 11.4 Å². The number of hydrogen-bond donors (Lipinski definition) is 1. The number of halogens is 1. The van der Waals surface area contributed by atoms with Gasteiger partial charge in [0.25, 0.3) is 0 Å². The van der Waals surface area contributed by atoms with E-state index in [9.17, 15) is 4.39 Å². The number of nitrogens with zero attached hydrogens (tertiary/aromatic N) is 1. The van der Waals surface area contributed by atoms with Gasteiger partial charge in [0.05, 0.1) is 31.6 Å². The van der Waals surface area contributed by atoms with Crippen LogP contribution in [0.2, 0.25) is 0 Å². The van der Waals surface area contributed by atoms with E-state index in [4.69, 9.17) is 15.2 Å². The van der Waals surface area contributed by atoms with Crippen molar-refractivity contribution in [1.29, 1.82) is 0 Å². The Bertz CT molecular complexity index is 597. The molecule has 0 aliphatic heterocycles. The molecule has 0 saturated heterocycles. The Balaban J connectivity index is 2.54. The molecule has 0 fully saturated rings. The van der Waals surface area contributed by atoms with E-state index in [1.54, 1.807) is 45.4 Å². The monoisotopic (exact) mass is 276 g/mol. The third-order valence-corrected chi connectivity index (χ3v) is 3.23. The van der Waals surface area contributed by atoms with Crippen molar-refractivity contribution in [2.24, 2.45) is 5.73 Å². The quantitative estimate of drug-likeness (QED) is 0.932. The second-order valence-electron chi connectivity index (χ2n) is 4.63. The first-order chi connectivity index (χ1) is 9.48. The molecule has 0 amide bonds. The summed E-state index contributed by atoms with van der Waals surface area (Å²) in [5.41, 5.74) is 6.73. The summed E-state index contributed by atoms with van der Waals surface area (Å²) in [4.78, 5) is 4.06. The van der Waals surface area contributed by atoms with Crippen LogP contribution in [-0.2, 0) is 5.54 Å². The standard InChI is InChI=1S/C15H17FN2O2/c1-15(17,14-7-4-10(16)9-18-14)12-8-11(19-2)5-6-13(12)20-3/h4-9H,17H2,1-3H3. The molecule has 0 saturated carbocycles. The summed E-state index contributed by atoms with van der Waals surface area (Å²) < 4.78 is 23.5. The molecule has 1 atom stereocenters. The predicted molar refractivity (Wildman–Crippen MR) is 74.4 cm³/mol. The summed E-state index contributed by atoms with van der Waals surface area (Å²) in [6.07, 6.45) is 1.15. The minimum absolute atomic E-state index is 0.401. The number of rotatable bonds is 4. The number of ether oxygens (including phenoxy) is 2. The lowest BCUT2D eigenvalue weighted by molar-refractivity contribution is 0.388. The first kappa shape index (κ1) is 14.3. The molecule has 5 heteroatoms. The van der Waals surface area contributed by atoms with Gasteiger partial charge in [0, 0.05) is 5.56 Å². The molecule has 2 aromatic rings. The van der Waals surface area contributed by atoms with Gasteiger partial charge in [0.2, 0.25) is 0 Å². The highest BCUT2D eigenvalue weighted by atomic mass is 19.1. The normalized spacial score (nSPS) is 13.7. The molecule has 1 aromatic heterocycles. The topological polar surface area (TPSA) is 57.4 Å². The molecule has 0 aliphatic rings. The predicted octanol–water partition coefficient (Wildman–Crippen LogP) is 2.46. The molecule has 1 unspecified atom stereocenters. The van der Waals surface area contributed by atoms with Crippen LogP contribution in [0.25, 0.3) is 0 Å². The van der Waals surface area contributed by atoms with Crippen LogP contribution in [0.15, 0.2) is 36.5 Å². The van der Waals surface area contributed by atoms with Crippen molar-refractivity contribution in [2.45, 2.75) is 12.5 Å². The van der Waals surface area contributed by atoms with Gasteiger partial charge in [-0.1, -0.05) is 0 Å². The van der Waals surface area contributed by atoms with E-state index in [1.807, 2.05) is 0 Å². The highest BCUT2D eigenvalue weighted by molar-refractivity contribution is 5.47. The maximum Gasteiger partial charge on any atom is 0.141 e. The number of pyridine rings is 1. The lowest BCUT2D eigenvalue weighted by Gasteiger charge is -2.27. The van der Waals surface area contributed by atoms with Gasteiger partial charge < -0.3 is 15.2 Å². The first-order valence-electron chi connectivity index (χ1n) is 6.12. The first-order valence-corrected chi connectivity index (χ1v) is 6.12. The van der Waals surface area contributed by atoms with Gasteiger partial charge in [-0.2, -0.15) is 0 Å². The van der Waals surface area contributed by atoms with Crippen LogP contribution in [0.1, 0.15) is 18.2 Å². The third kappa shape index (κ3) is 2.58. The van der Waals surface area contributed by atoms with Gasteiger partial charge in [-0.25, -0.2) is 4.39 Å². The third-order valence-electron chi connectivity index (χ3n) is 3.23. The summed E-state index contributed by atoms with van der Waals surface area (Å²) in [5, 5.41) is 0. The van der Waals surface area contributed by atoms with Gasteiger partial charge in [-0.15, -0.1) is 0 Å². The van der Waals surface area contributed by atoms with Crippen molar-refractivity contribution in [3.8, 4) is 11.5 Å². The molecule has 20 heavy (non-hydrogen) atoms. The fourth-order valence-corrected chi connectivity index (χ4v) is 2.04. The Labute approximate surface area is 117 Å². The fourth-order valence-electron chi connectivity index (χ4n) is 2.04. The number of methoxy groups -OCH3 is 2. The Morgan fingerprint density at radius 2 is 1.90 bits per heavy atom. The summed E-state index contributed by atoms with van der Waals surface area (Å²) in [5.74, 6) is 0.892. The van der Waals surface area contributed by atoms with Crippen molar-refractivity contribution in [2.75, 3.05) is 14.2 Å². The summed E-state index contributed by atoms with van der Waals surface area (Å²) in [6, 6.07) is 8.26. The maximum atomic E-state index is 13.0. The number of hydrogen-bond acceptors (Lipinski definition) is 4. The van der Waals surface area contributed by atoms with Gasteiger partial charge in [-0.05, 0) is 37.3 Å². The largest absolute Gasteiger partial charge is 0.497 e. The number of nitrogens with two attached hydrogens (primary N) is 1. The number of benzene rings is 1. The molecule has 2 rings (SSSR count). The van der Waals surface area contributed by atoms with E-state index >= 15 is 0 Å². The molecule has 1 heterocycles. The molecule has 0 aliphatic carbocycles. The van der Waals surface area contributed by atoms with E-state index in [0.717, 1.165) is 11.8 Å². The average Bonchev–Trinajstić information content (AvgIpc) is 2.47. The lowest BCUT2D eigenvalue weighted by Crippen LogP contribution is -2.35. The van der Waals surface area contributed by atoms with Gasteiger partial charge in [0.15, 0.2) is 0 Å². The summed E-state index contributed by atoms with van der Waals surface area (Å²) >= 11 is 0. The van der Waals surface area contributed by atoms with Crippen LogP contribution in [0.4, 0.5) is 4.39 Å². The molecule has 0 bridgehead atoms. The minimum atomic E-state index is -0.923. The van der Waals surface area contributed by atoms with E-state index in [1.165, 1.54) is 6.07 Å². The van der Waals surface area contributed by atoms with Gasteiger partial charge >= 0.3 is 0 Å². The minimum Gasteiger partial charge on any atom is -0.497 e. The zero-order chi connectivity index (χ0) is 14.8. The summed E-state index contributed by atoms with van der Waals surface area (Å²) in [7, 11) is 3.15. The zero-order valence-electron chi connectivity index (χ0n) is 11.7. The van der Waals surface area contributed by atoms with Crippen LogP contribution in [0.3, 0.4) is 0 Å². The van der Waals surface area contributed by atoms with Crippen molar-refractivity contribution in [3.63, 3.8) is 0 Å². The van der Waals surface area contributed by atoms with Crippen LogP contribution >= 0.6 is 0 Å². The second kappa shape index (κ2) is 5.46. The van der Waals surface area contributed by atoms with E-state index in [0.29, 0.717) is 17.2 Å². The molecule has 1 aromatic carbocycles. The van der Waals surface area contributed by atoms with Gasteiger partial charge in [-0.3, -0.25) is 4.98 Å². The summed E-state index contributed by atoms with van der Waals surface area (Å²) in [6.45, 7) is 1.80. The van der Waals surface area contributed by atoms with Crippen molar-refractivity contribution in [1.82, 2.24) is 4.98 Å². The Morgan fingerprint density at radius 1 is 1.15 bits per heavy atom. The molecule has 0 radical (unpaired) electrons. The molecular weight excluding hydrogens is 259 g/mol. The average molecular weight is 276 g/mol. The second-order valence-corrected chi connectivity index (χ2v) is 4.63. The van der Waals surface area contributed by atoms with E-state index in [2.05, 4.69) is 4.98 Å². The Morgan fingerprint density at radius 3 is 2.45 bits per heavy atom. The lowest BCUT2D eigenvalue weighted by atomic mass is 9.88. The molecule has 4 nitrogen and oxygen atoms in total. The molecule has 0 spiro atoms. The smallest absolute Gasteiger partial charge is 0.141 e. The fraction of sp³-hybridized carbons (Fsp3) is 0.267. The van der Waals surface area contributed by atoms with Crippen LogP contribution in [-0.4, -0.2) is 19.2 Å². The maximum absolute atomic E-state index is 13.0. The highest BCUT2D eigenvalue weighted by Gasteiger charge is 2.29. The van der Waals surface area contributed by atoms with Crippen LogP contribution < -0.4 is 15.2 Å². The van der Waals surface area contributed by atoms with Crippen molar-refractivity contribution in [3.05, 3.63) is 53.6 Å². The Hall–Kier alpha value is -2.14. The van der Waals surface area contributed by atoms with Crippen molar-refractivity contribution < 1.29 is 13.9 Å². The molecule has 106 valence electrons. The van der Waals surface area contributed by atoms with Gasteiger partial charge in [0.1, 0.15) is 17.3 Å². The van der Waals surface area contributed by atoms with E-state index in [-0.39, 0.29) is 0 Å². The number of aromatic nitrogens is 1. The van der Waals surface area contributed by atoms with Crippen molar-refractivity contribution >= 4 is 0 Å². The van der Waals surface area contributed by atoms with Crippen LogP contribution in [0, 0.1) is 5.82 Å². The SMILES string of the molecule is COc1ccc(OC)c(C(C)(N)c2ccc(F)cn2)c1. The van der Waals surface area contributed by atoms with Crippen LogP contribution in [0.5, 0.6) is 11.5 Å². The zero-order valence-corrected chi connectivity index (χ0v) is 11.7.